The summed E-state index contributed by atoms with van der Waals surface area (Å²) in [5, 5.41) is 0. The van der Waals surface area contributed by atoms with E-state index in [2.05, 4.69) is 202 Å². The molecular formula is C56H60. The first-order valence-corrected chi connectivity index (χ1v) is 20.2. The smallest absolute Gasteiger partial charge is 0.0159 e. The van der Waals surface area contributed by atoms with E-state index in [0.717, 1.165) is 36.8 Å². The molecule has 5 aromatic carbocycles. The van der Waals surface area contributed by atoms with E-state index in [0.29, 0.717) is 0 Å². The van der Waals surface area contributed by atoms with Gasteiger partial charge in [-0.2, -0.15) is 0 Å². The molecule has 0 N–H and O–H groups in total. The van der Waals surface area contributed by atoms with Crippen molar-refractivity contribution < 1.29 is 0 Å². The quantitative estimate of drug-likeness (QED) is 0.132. The van der Waals surface area contributed by atoms with Crippen LogP contribution in [0.25, 0.3) is 33.4 Å². The largest absolute Gasteiger partial charge is 0.0991 e. The Bertz CT molecular complexity index is 2290. The highest BCUT2D eigenvalue weighted by Gasteiger charge is 2.35. The molecule has 0 amide bonds. The molecule has 0 spiro atoms. The van der Waals surface area contributed by atoms with Crippen LogP contribution in [0.1, 0.15) is 92.3 Å². The van der Waals surface area contributed by atoms with Gasteiger partial charge < -0.3 is 0 Å². The Labute approximate surface area is 338 Å². The summed E-state index contributed by atoms with van der Waals surface area (Å²) >= 11 is 0. The van der Waals surface area contributed by atoms with Crippen LogP contribution >= 0.6 is 0 Å². The molecule has 0 unspecified atom stereocenters. The summed E-state index contributed by atoms with van der Waals surface area (Å²) in [4.78, 5) is 0. The van der Waals surface area contributed by atoms with Gasteiger partial charge in [-0.05, 0) is 131 Å². The Hall–Kier alpha value is -5.72. The lowest BCUT2D eigenvalue weighted by Gasteiger charge is -2.22. The summed E-state index contributed by atoms with van der Waals surface area (Å²) in [7, 11) is 0. The number of hydrogen-bond acceptors (Lipinski definition) is 0. The lowest BCUT2D eigenvalue weighted by Crippen LogP contribution is -2.15. The summed E-state index contributed by atoms with van der Waals surface area (Å²) in [6, 6.07) is 42.0. The molecule has 5 aromatic rings. The van der Waals surface area contributed by atoms with Crippen LogP contribution in [-0.2, 0) is 5.41 Å². The third-order valence-corrected chi connectivity index (χ3v) is 10.9. The van der Waals surface area contributed by atoms with Crippen LogP contribution in [0.2, 0.25) is 0 Å². The molecule has 0 nitrogen and oxygen atoms in total. The minimum absolute atomic E-state index is 0.0709. The molecule has 0 aliphatic heterocycles. The second kappa shape index (κ2) is 19.2. The number of allylic oxidation sites excluding steroid dienone is 11. The zero-order valence-electron chi connectivity index (χ0n) is 34.9. The van der Waals surface area contributed by atoms with Gasteiger partial charge in [0.05, 0.1) is 0 Å². The van der Waals surface area contributed by atoms with E-state index in [4.69, 9.17) is 0 Å². The predicted molar refractivity (Wildman–Crippen MR) is 248 cm³/mol. The molecule has 0 fully saturated rings. The minimum Gasteiger partial charge on any atom is -0.0991 e. The molecular weight excluding hydrogens is 673 g/mol. The summed E-state index contributed by atoms with van der Waals surface area (Å²) < 4.78 is 0. The van der Waals surface area contributed by atoms with E-state index in [1.165, 1.54) is 77.9 Å². The van der Waals surface area contributed by atoms with Crippen molar-refractivity contribution in [1.82, 2.24) is 0 Å². The summed E-state index contributed by atoms with van der Waals surface area (Å²) in [5.74, 6) is 0. The second-order valence-electron chi connectivity index (χ2n) is 15.5. The molecule has 0 saturated heterocycles. The van der Waals surface area contributed by atoms with Crippen molar-refractivity contribution in [3.63, 3.8) is 0 Å². The van der Waals surface area contributed by atoms with Crippen LogP contribution in [0, 0.1) is 20.8 Å². The fourth-order valence-electron chi connectivity index (χ4n) is 7.75. The first-order chi connectivity index (χ1) is 27.0. The molecule has 0 aromatic heterocycles. The molecule has 2 aliphatic rings. The highest BCUT2D eigenvalue weighted by Crippen LogP contribution is 2.50. The predicted octanol–water partition coefficient (Wildman–Crippen LogP) is 16.1. The SMILES string of the molecule is C/C=C/C1=C(c2ccccc2C)CCC=C1c1ccc(C)cc1.C=C/C=C\C(=C)C(=C)CCC.Cc1ccc2c(c1)C(C)(C)c1cc(-c3ccccc3)ccc1-2. The molecule has 0 radical (unpaired) electrons. The van der Waals surface area contributed by atoms with E-state index < -0.39 is 0 Å². The van der Waals surface area contributed by atoms with Gasteiger partial charge in [0.2, 0.25) is 0 Å². The van der Waals surface area contributed by atoms with Crippen molar-refractivity contribution in [1.29, 1.82) is 0 Å². The van der Waals surface area contributed by atoms with Crippen LogP contribution in [0.3, 0.4) is 0 Å². The van der Waals surface area contributed by atoms with Crippen molar-refractivity contribution in [3.8, 4) is 22.3 Å². The Balaban J connectivity index is 0.000000172. The van der Waals surface area contributed by atoms with E-state index in [1.54, 1.807) is 6.08 Å². The lowest BCUT2D eigenvalue weighted by atomic mass is 9.81. The number of rotatable bonds is 9. The van der Waals surface area contributed by atoms with E-state index in [1.807, 2.05) is 12.2 Å². The maximum absolute atomic E-state index is 3.91. The Morgan fingerprint density at radius 1 is 0.696 bits per heavy atom. The van der Waals surface area contributed by atoms with E-state index in [-0.39, 0.29) is 5.41 Å². The third-order valence-electron chi connectivity index (χ3n) is 10.9. The van der Waals surface area contributed by atoms with Gasteiger partial charge >= 0.3 is 0 Å². The highest BCUT2D eigenvalue weighted by molar-refractivity contribution is 5.94. The van der Waals surface area contributed by atoms with Crippen molar-refractivity contribution in [3.05, 3.63) is 227 Å². The lowest BCUT2D eigenvalue weighted by molar-refractivity contribution is 0.660. The van der Waals surface area contributed by atoms with Gasteiger partial charge in [-0.25, -0.2) is 0 Å². The first kappa shape index (κ1) is 41.4. The van der Waals surface area contributed by atoms with Gasteiger partial charge in [0.1, 0.15) is 0 Å². The average molecular weight is 733 g/mol. The molecule has 7 rings (SSSR count). The summed E-state index contributed by atoms with van der Waals surface area (Å²) in [6.45, 7) is 26.8. The zero-order valence-corrected chi connectivity index (χ0v) is 34.9. The van der Waals surface area contributed by atoms with Crippen LogP contribution < -0.4 is 0 Å². The van der Waals surface area contributed by atoms with Gasteiger partial charge in [-0.15, -0.1) is 0 Å². The van der Waals surface area contributed by atoms with Crippen LogP contribution in [-0.4, -0.2) is 0 Å². The second-order valence-corrected chi connectivity index (χ2v) is 15.5. The molecule has 56 heavy (non-hydrogen) atoms. The van der Waals surface area contributed by atoms with Gasteiger partial charge in [-0.3, -0.25) is 0 Å². The number of aryl methyl sites for hydroxylation is 3. The number of hydrogen-bond donors (Lipinski definition) is 0. The number of benzene rings is 5. The topological polar surface area (TPSA) is 0 Å². The first-order valence-electron chi connectivity index (χ1n) is 20.2. The van der Waals surface area contributed by atoms with E-state index >= 15 is 0 Å². The van der Waals surface area contributed by atoms with E-state index in [9.17, 15) is 0 Å². The van der Waals surface area contributed by atoms with Crippen LogP contribution in [0.15, 0.2) is 188 Å². The number of fused-ring (bicyclic) bond motifs is 3. The molecule has 0 saturated carbocycles. The summed E-state index contributed by atoms with van der Waals surface area (Å²) in [5.41, 5.74) is 21.4. The van der Waals surface area contributed by atoms with Gasteiger partial charge in [-0.1, -0.05) is 204 Å². The Kier molecular flexibility index (Phi) is 14.2. The van der Waals surface area contributed by atoms with Crippen LogP contribution in [0.4, 0.5) is 0 Å². The maximum atomic E-state index is 3.91. The molecule has 0 atom stereocenters. The van der Waals surface area contributed by atoms with Gasteiger partial charge in [0.25, 0.3) is 0 Å². The maximum Gasteiger partial charge on any atom is 0.0159 e. The fourth-order valence-corrected chi connectivity index (χ4v) is 7.75. The molecule has 0 heterocycles. The van der Waals surface area contributed by atoms with Gasteiger partial charge in [0.15, 0.2) is 0 Å². The normalized spacial score (nSPS) is 13.9. The van der Waals surface area contributed by atoms with Crippen molar-refractivity contribution in [2.45, 2.75) is 79.6 Å². The highest BCUT2D eigenvalue weighted by atomic mass is 14.4. The monoisotopic (exact) mass is 732 g/mol. The minimum atomic E-state index is 0.0709. The Morgan fingerprint density at radius 2 is 1.32 bits per heavy atom. The van der Waals surface area contributed by atoms with Crippen molar-refractivity contribution >= 4 is 11.1 Å². The molecule has 0 bridgehead atoms. The summed E-state index contributed by atoms with van der Waals surface area (Å²) in [6.07, 6.45) is 16.7. The zero-order chi connectivity index (χ0) is 40.2. The van der Waals surface area contributed by atoms with Crippen molar-refractivity contribution in [2.75, 3.05) is 0 Å². The third kappa shape index (κ3) is 9.74. The van der Waals surface area contributed by atoms with Crippen LogP contribution in [0.5, 0.6) is 0 Å². The van der Waals surface area contributed by atoms with Gasteiger partial charge in [0, 0.05) is 5.41 Å². The average Bonchev–Trinajstić information content (AvgIpc) is 3.43. The van der Waals surface area contributed by atoms with Crippen molar-refractivity contribution in [2.24, 2.45) is 0 Å². The molecule has 0 heteroatoms. The Morgan fingerprint density at radius 3 is 1.98 bits per heavy atom. The standard InChI is InChI=1S/C23H24.C22H20.C11H16/c1-4-8-22-21(19-15-13-17(2)14-16-19)11-7-12-23(22)20-10-6-5-9-18(20)3;1-15-9-11-18-19-12-10-17(16-7-5-4-6-8-16)14-21(19)22(2,3)20(18)13-15;1-5-7-9-11(4)10(3)8-6-2/h4-6,8-11,13-16H,7,12H2,1-3H3;4-14H,1-3H3;5,7,9H,1,3-4,6,8H2,2H3/b8-4+;;9-7-. The fraction of sp³-hybridized carbons (Fsp3) is 0.214. The molecule has 284 valence electrons. The molecule has 2 aliphatic carbocycles.